The molecular formula is C14H19N3O4. The maximum atomic E-state index is 11.9. The first kappa shape index (κ1) is 16.5. The summed E-state index contributed by atoms with van der Waals surface area (Å²) >= 11 is 0. The number of hydrogen-bond donors (Lipinski definition) is 4. The van der Waals surface area contributed by atoms with E-state index in [1.54, 1.807) is 12.1 Å². The monoisotopic (exact) mass is 293 g/mol. The number of primary amides is 1. The van der Waals surface area contributed by atoms with Gasteiger partial charge < -0.3 is 21.5 Å². The molecule has 1 aromatic rings. The topological polar surface area (TPSA) is 122 Å². The number of aliphatic carboxylic acids is 1. The number of carbonyl (C=O) groups excluding carboxylic acids is 2. The van der Waals surface area contributed by atoms with E-state index in [1.807, 2.05) is 13.8 Å². The molecule has 0 saturated carbocycles. The first-order valence-corrected chi connectivity index (χ1v) is 6.48. The molecule has 114 valence electrons. The summed E-state index contributed by atoms with van der Waals surface area (Å²) in [6.07, 6.45) is -0.160. The van der Waals surface area contributed by atoms with Crippen LogP contribution in [-0.4, -0.2) is 29.1 Å². The van der Waals surface area contributed by atoms with Gasteiger partial charge in [-0.05, 0) is 24.1 Å². The Balaban J connectivity index is 2.69. The van der Waals surface area contributed by atoms with Crippen molar-refractivity contribution >= 4 is 23.6 Å². The Morgan fingerprint density at radius 1 is 1.29 bits per heavy atom. The summed E-state index contributed by atoms with van der Waals surface area (Å²) in [6.45, 7) is 3.64. The molecule has 1 unspecified atom stereocenters. The van der Waals surface area contributed by atoms with E-state index >= 15 is 0 Å². The van der Waals surface area contributed by atoms with Crippen molar-refractivity contribution in [2.24, 2.45) is 11.7 Å². The van der Waals surface area contributed by atoms with Gasteiger partial charge in [-0.2, -0.15) is 0 Å². The van der Waals surface area contributed by atoms with Gasteiger partial charge in [0.15, 0.2) is 0 Å². The first-order valence-electron chi connectivity index (χ1n) is 6.48. The SMILES string of the molecule is CC(C)C(CC(=O)O)NC(=O)Nc1cccc(C(N)=O)c1. The Morgan fingerprint density at radius 3 is 2.48 bits per heavy atom. The average molecular weight is 293 g/mol. The number of nitrogens with two attached hydrogens (primary N) is 1. The highest BCUT2D eigenvalue weighted by atomic mass is 16.4. The van der Waals surface area contributed by atoms with Gasteiger partial charge in [-0.15, -0.1) is 0 Å². The van der Waals surface area contributed by atoms with Crippen LogP contribution in [-0.2, 0) is 4.79 Å². The quantitative estimate of drug-likeness (QED) is 0.633. The van der Waals surface area contributed by atoms with E-state index in [4.69, 9.17) is 10.8 Å². The molecule has 0 radical (unpaired) electrons. The number of benzene rings is 1. The molecule has 0 aliphatic carbocycles. The molecule has 1 atom stereocenters. The molecule has 7 nitrogen and oxygen atoms in total. The van der Waals surface area contributed by atoms with Gasteiger partial charge in [0, 0.05) is 17.3 Å². The molecule has 7 heteroatoms. The minimum Gasteiger partial charge on any atom is -0.481 e. The number of rotatable bonds is 6. The molecule has 0 spiro atoms. The Kier molecular flexibility index (Phi) is 5.71. The number of carboxylic acids is 1. The van der Waals surface area contributed by atoms with Crippen LogP contribution >= 0.6 is 0 Å². The second-order valence-electron chi connectivity index (χ2n) is 4.99. The Morgan fingerprint density at radius 2 is 1.95 bits per heavy atom. The number of amides is 3. The zero-order chi connectivity index (χ0) is 16.0. The van der Waals surface area contributed by atoms with Crippen molar-refractivity contribution < 1.29 is 19.5 Å². The third kappa shape index (κ3) is 5.52. The van der Waals surface area contributed by atoms with Crippen LogP contribution in [0.5, 0.6) is 0 Å². The van der Waals surface area contributed by atoms with Crippen LogP contribution in [0.1, 0.15) is 30.6 Å². The molecule has 0 aliphatic heterocycles. The fourth-order valence-corrected chi connectivity index (χ4v) is 1.73. The third-order valence-corrected chi connectivity index (χ3v) is 2.92. The van der Waals surface area contributed by atoms with Crippen molar-refractivity contribution in [3.63, 3.8) is 0 Å². The van der Waals surface area contributed by atoms with E-state index in [9.17, 15) is 14.4 Å². The van der Waals surface area contributed by atoms with Gasteiger partial charge >= 0.3 is 12.0 Å². The predicted molar refractivity (Wildman–Crippen MR) is 78.0 cm³/mol. The predicted octanol–water partition coefficient (Wildman–Crippen LogP) is 1.41. The standard InChI is InChI=1S/C14H19N3O4/c1-8(2)11(7-12(18)19)17-14(21)16-10-5-3-4-9(6-10)13(15)20/h3-6,8,11H,7H2,1-2H3,(H2,15,20)(H,18,19)(H2,16,17,21). The van der Waals surface area contributed by atoms with Crippen LogP contribution < -0.4 is 16.4 Å². The summed E-state index contributed by atoms with van der Waals surface area (Å²) in [6, 6.07) is 5.16. The highest BCUT2D eigenvalue weighted by Crippen LogP contribution is 2.11. The second-order valence-corrected chi connectivity index (χ2v) is 4.99. The minimum atomic E-state index is -0.982. The van der Waals surface area contributed by atoms with Gasteiger partial charge in [0.05, 0.1) is 6.42 Å². The molecule has 5 N–H and O–H groups in total. The molecule has 21 heavy (non-hydrogen) atoms. The molecular weight excluding hydrogens is 274 g/mol. The molecule has 0 bridgehead atoms. The fraction of sp³-hybridized carbons (Fsp3) is 0.357. The largest absolute Gasteiger partial charge is 0.481 e. The fourth-order valence-electron chi connectivity index (χ4n) is 1.73. The van der Waals surface area contributed by atoms with Gasteiger partial charge in [-0.1, -0.05) is 19.9 Å². The van der Waals surface area contributed by atoms with Crippen molar-refractivity contribution in [3.8, 4) is 0 Å². The molecule has 0 fully saturated rings. The molecule has 0 saturated heterocycles. The summed E-state index contributed by atoms with van der Waals surface area (Å²) in [5.41, 5.74) is 5.84. The number of urea groups is 1. The number of nitrogens with one attached hydrogen (secondary N) is 2. The molecule has 3 amide bonds. The smallest absolute Gasteiger partial charge is 0.319 e. The van der Waals surface area contributed by atoms with Crippen LogP contribution in [0.2, 0.25) is 0 Å². The average Bonchev–Trinajstić information content (AvgIpc) is 2.37. The van der Waals surface area contributed by atoms with Crippen molar-refractivity contribution in [1.29, 1.82) is 0 Å². The lowest BCUT2D eigenvalue weighted by Gasteiger charge is -2.20. The van der Waals surface area contributed by atoms with E-state index in [-0.39, 0.29) is 17.9 Å². The molecule has 0 aliphatic rings. The third-order valence-electron chi connectivity index (χ3n) is 2.92. The zero-order valence-corrected chi connectivity index (χ0v) is 11.9. The summed E-state index contributed by atoms with van der Waals surface area (Å²) in [4.78, 5) is 33.7. The summed E-state index contributed by atoms with van der Waals surface area (Å²) < 4.78 is 0. The Labute approximate surface area is 122 Å². The van der Waals surface area contributed by atoms with Crippen LogP contribution in [0.4, 0.5) is 10.5 Å². The van der Waals surface area contributed by atoms with E-state index < -0.39 is 23.9 Å². The van der Waals surface area contributed by atoms with Crippen LogP contribution in [0.25, 0.3) is 0 Å². The van der Waals surface area contributed by atoms with Gasteiger partial charge in [0.25, 0.3) is 0 Å². The highest BCUT2D eigenvalue weighted by molar-refractivity contribution is 5.96. The van der Waals surface area contributed by atoms with E-state index in [0.29, 0.717) is 5.69 Å². The van der Waals surface area contributed by atoms with Gasteiger partial charge in [-0.25, -0.2) is 4.79 Å². The molecule has 1 rings (SSSR count). The summed E-state index contributed by atoms with van der Waals surface area (Å²) in [7, 11) is 0. The molecule has 0 aromatic heterocycles. The Hall–Kier alpha value is -2.57. The van der Waals surface area contributed by atoms with E-state index in [0.717, 1.165) is 0 Å². The zero-order valence-electron chi connectivity index (χ0n) is 11.9. The van der Waals surface area contributed by atoms with Crippen LogP contribution in [0, 0.1) is 5.92 Å². The van der Waals surface area contributed by atoms with Crippen LogP contribution in [0.15, 0.2) is 24.3 Å². The number of carboxylic acid groups (broad SMARTS) is 1. The maximum absolute atomic E-state index is 11.9. The number of hydrogen-bond acceptors (Lipinski definition) is 3. The van der Waals surface area contributed by atoms with Crippen molar-refractivity contribution in [2.75, 3.05) is 5.32 Å². The number of anilines is 1. The maximum Gasteiger partial charge on any atom is 0.319 e. The first-order chi connectivity index (χ1) is 9.79. The minimum absolute atomic E-state index is 0.0243. The van der Waals surface area contributed by atoms with E-state index in [1.165, 1.54) is 12.1 Å². The lowest BCUT2D eigenvalue weighted by Crippen LogP contribution is -2.42. The molecule has 1 aromatic carbocycles. The van der Waals surface area contributed by atoms with E-state index in [2.05, 4.69) is 10.6 Å². The summed E-state index contributed by atoms with van der Waals surface area (Å²) in [5, 5.41) is 14.0. The van der Waals surface area contributed by atoms with Crippen molar-refractivity contribution in [3.05, 3.63) is 29.8 Å². The van der Waals surface area contributed by atoms with Gasteiger partial charge in [-0.3, -0.25) is 9.59 Å². The van der Waals surface area contributed by atoms with Crippen molar-refractivity contribution in [2.45, 2.75) is 26.3 Å². The van der Waals surface area contributed by atoms with Crippen LogP contribution in [0.3, 0.4) is 0 Å². The van der Waals surface area contributed by atoms with Crippen molar-refractivity contribution in [1.82, 2.24) is 5.32 Å². The molecule has 0 heterocycles. The Bertz CT molecular complexity index is 543. The highest BCUT2D eigenvalue weighted by Gasteiger charge is 2.19. The van der Waals surface area contributed by atoms with Gasteiger partial charge in [0.2, 0.25) is 5.91 Å². The normalized spacial score (nSPS) is 11.8. The second kappa shape index (κ2) is 7.28. The lowest BCUT2D eigenvalue weighted by molar-refractivity contribution is -0.137. The number of carbonyl (C=O) groups is 3. The lowest BCUT2D eigenvalue weighted by atomic mass is 10.0. The summed E-state index contributed by atoms with van der Waals surface area (Å²) in [5.74, 6) is -1.60. The van der Waals surface area contributed by atoms with Gasteiger partial charge in [0.1, 0.15) is 0 Å².